The molecule has 4 rings (SSSR count). The molecule has 11 N–H and O–H groups in total. The minimum absolute atomic E-state index is 0.0130. The summed E-state index contributed by atoms with van der Waals surface area (Å²) in [6.45, 7) is -2.02. The van der Waals surface area contributed by atoms with Crippen LogP contribution in [-0.2, 0) is 23.7 Å². The summed E-state index contributed by atoms with van der Waals surface area (Å²) in [5.74, 6) is 0.232. The van der Waals surface area contributed by atoms with Gasteiger partial charge in [-0.15, -0.1) is 0 Å². The molecule has 0 bridgehead atoms. The van der Waals surface area contributed by atoms with Crippen LogP contribution in [0.5, 0.6) is 17.2 Å². The second-order valence-electron chi connectivity index (χ2n) is 11.4. The van der Waals surface area contributed by atoms with E-state index in [9.17, 15) is 56.2 Å². The van der Waals surface area contributed by atoms with E-state index in [4.69, 9.17) is 37.9 Å². The van der Waals surface area contributed by atoms with Crippen molar-refractivity contribution in [3.63, 3.8) is 0 Å². The molecule has 0 saturated carbocycles. The Morgan fingerprint density at radius 1 is 0.583 bits per heavy atom. The summed E-state index contributed by atoms with van der Waals surface area (Å²) in [4.78, 5) is 0. The van der Waals surface area contributed by atoms with Crippen molar-refractivity contribution in [3.05, 3.63) is 23.8 Å². The number of ether oxygens (including phenoxy) is 8. The van der Waals surface area contributed by atoms with Crippen molar-refractivity contribution in [3.8, 4) is 17.2 Å². The zero-order valence-corrected chi connectivity index (χ0v) is 26.0. The molecule has 19 nitrogen and oxygen atoms in total. The van der Waals surface area contributed by atoms with Gasteiger partial charge in [0.25, 0.3) is 0 Å². The molecule has 274 valence electrons. The predicted molar refractivity (Wildman–Crippen MR) is 155 cm³/mol. The van der Waals surface area contributed by atoms with Gasteiger partial charge in [0.2, 0.25) is 12.0 Å². The standard InChI is InChI=1S/C29H44O19/c1-41-12-6-11(7-13(42-2)26(12)48-29-25(40)21(36)18(33)15(9-31)46-29)4-3-5-43-27-23(38)22(37)19(34)16(47-27)10-44-28-24(39)20(35)17(32)14(8-30)45-28/h3-4,6-7,14-25,27-40H,5,8-10H2,1-2H3/b4-3+/t14-,15-,16-,17-,18-,19-,20+,21+,22+,23-,24-,25-,27-,28-,29+/m1/s1. The third-order valence-electron chi connectivity index (χ3n) is 8.17. The van der Waals surface area contributed by atoms with Gasteiger partial charge in [-0.05, 0) is 17.7 Å². The molecule has 3 fully saturated rings. The number of hydrogen-bond acceptors (Lipinski definition) is 19. The molecular weight excluding hydrogens is 652 g/mol. The van der Waals surface area contributed by atoms with E-state index in [0.717, 1.165) is 0 Å². The molecule has 1 aromatic rings. The first-order valence-electron chi connectivity index (χ1n) is 15.0. The lowest BCUT2D eigenvalue weighted by molar-refractivity contribution is -0.330. The lowest BCUT2D eigenvalue weighted by atomic mass is 9.98. The Morgan fingerprint density at radius 2 is 1.02 bits per heavy atom. The predicted octanol–water partition coefficient (Wildman–Crippen LogP) is -5.46. The summed E-state index contributed by atoms with van der Waals surface area (Å²) < 4.78 is 43.8. The van der Waals surface area contributed by atoms with Crippen LogP contribution in [-0.4, -0.2) is 189 Å². The highest BCUT2D eigenvalue weighted by Crippen LogP contribution is 2.41. The van der Waals surface area contributed by atoms with Crippen LogP contribution in [0.3, 0.4) is 0 Å². The third-order valence-corrected chi connectivity index (χ3v) is 8.17. The maximum Gasteiger partial charge on any atom is 0.229 e. The van der Waals surface area contributed by atoms with Crippen molar-refractivity contribution in [2.75, 3.05) is 40.6 Å². The Balaban J connectivity index is 1.37. The van der Waals surface area contributed by atoms with Crippen molar-refractivity contribution in [2.24, 2.45) is 0 Å². The number of aliphatic hydroxyl groups excluding tert-OH is 11. The number of benzene rings is 1. The molecule has 0 unspecified atom stereocenters. The van der Waals surface area contributed by atoms with E-state index in [2.05, 4.69) is 0 Å². The fraction of sp³-hybridized carbons (Fsp3) is 0.724. The molecule has 3 heterocycles. The number of rotatable bonds is 13. The van der Waals surface area contributed by atoms with Crippen LogP contribution in [0.1, 0.15) is 5.56 Å². The zero-order chi connectivity index (χ0) is 35.3. The SMILES string of the molecule is COc1cc(/C=C/CO[C@@H]2O[C@H](CO[C@@H]3O[C@H](CO)[C@@H](O)[C@H](O)[C@H]3O)[C@@H](O)[C@H](O)[C@H]2O)cc(OC)c1O[C@@H]1O[C@H](CO)[C@@H](O)[C@H](O)[C@H]1O. The molecule has 1 aromatic carbocycles. The lowest BCUT2D eigenvalue weighted by Gasteiger charge is -2.42. The van der Waals surface area contributed by atoms with Crippen LogP contribution >= 0.6 is 0 Å². The van der Waals surface area contributed by atoms with Crippen molar-refractivity contribution >= 4 is 6.08 Å². The Bertz CT molecular complexity index is 1160. The van der Waals surface area contributed by atoms with Crippen molar-refractivity contribution in [1.82, 2.24) is 0 Å². The Morgan fingerprint density at radius 3 is 1.52 bits per heavy atom. The second kappa shape index (κ2) is 17.1. The van der Waals surface area contributed by atoms with Crippen LogP contribution in [0.4, 0.5) is 0 Å². The highest BCUT2D eigenvalue weighted by atomic mass is 16.7. The highest BCUT2D eigenvalue weighted by molar-refractivity contribution is 5.62. The second-order valence-corrected chi connectivity index (χ2v) is 11.4. The number of hydrogen-bond donors (Lipinski definition) is 11. The normalized spacial score (nSPS) is 40.6. The van der Waals surface area contributed by atoms with Gasteiger partial charge >= 0.3 is 0 Å². The van der Waals surface area contributed by atoms with Crippen LogP contribution in [0.25, 0.3) is 6.08 Å². The zero-order valence-electron chi connectivity index (χ0n) is 26.0. The summed E-state index contributed by atoms with van der Waals surface area (Å²) in [6.07, 6.45) is -20.1. The van der Waals surface area contributed by atoms with Crippen LogP contribution in [0, 0.1) is 0 Å². The first kappa shape index (κ1) is 38.5. The van der Waals surface area contributed by atoms with Crippen molar-refractivity contribution < 1.29 is 94.1 Å². The molecule has 0 spiro atoms. The monoisotopic (exact) mass is 696 g/mol. The first-order chi connectivity index (χ1) is 22.9. The van der Waals surface area contributed by atoms with Crippen LogP contribution in [0.15, 0.2) is 18.2 Å². The number of aliphatic hydroxyl groups is 11. The molecule has 0 radical (unpaired) electrons. The van der Waals surface area contributed by atoms with Gasteiger partial charge in [0.1, 0.15) is 73.2 Å². The lowest BCUT2D eigenvalue weighted by Crippen LogP contribution is -2.61. The average molecular weight is 697 g/mol. The summed E-state index contributed by atoms with van der Waals surface area (Å²) in [7, 11) is 2.68. The summed E-state index contributed by atoms with van der Waals surface area (Å²) in [6, 6.07) is 3.05. The van der Waals surface area contributed by atoms with Crippen LogP contribution in [0.2, 0.25) is 0 Å². The van der Waals surface area contributed by atoms with Gasteiger partial charge in [-0.2, -0.15) is 0 Å². The minimum Gasteiger partial charge on any atom is -0.493 e. The Kier molecular flexibility index (Phi) is 13.7. The van der Waals surface area contributed by atoms with E-state index in [-0.39, 0.29) is 23.9 Å². The van der Waals surface area contributed by atoms with Gasteiger partial charge in [-0.1, -0.05) is 12.2 Å². The molecule has 3 aliphatic heterocycles. The van der Waals surface area contributed by atoms with Crippen molar-refractivity contribution in [2.45, 2.75) is 92.1 Å². The molecule has 3 aliphatic rings. The largest absolute Gasteiger partial charge is 0.493 e. The van der Waals surface area contributed by atoms with E-state index < -0.39 is 112 Å². The fourth-order valence-corrected chi connectivity index (χ4v) is 5.31. The molecule has 15 atom stereocenters. The van der Waals surface area contributed by atoms with Gasteiger partial charge in [0, 0.05) is 0 Å². The maximum absolute atomic E-state index is 10.4. The Labute approximate surface area is 274 Å². The van der Waals surface area contributed by atoms with Gasteiger partial charge in [0.15, 0.2) is 24.1 Å². The Hall–Kier alpha value is -2.28. The van der Waals surface area contributed by atoms with E-state index in [1.807, 2.05) is 0 Å². The summed E-state index contributed by atoms with van der Waals surface area (Å²) in [5.41, 5.74) is 0.500. The van der Waals surface area contributed by atoms with Crippen molar-refractivity contribution in [1.29, 1.82) is 0 Å². The van der Waals surface area contributed by atoms with E-state index in [1.165, 1.54) is 32.4 Å². The minimum atomic E-state index is -1.72. The average Bonchev–Trinajstić information content (AvgIpc) is 3.09. The summed E-state index contributed by atoms with van der Waals surface area (Å²) >= 11 is 0. The quantitative estimate of drug-likeness (QED) is 0.0917. The fourth-order valence-electron chi connectivity index (χ4n) is 5.31. The first-order valence-corrected chi connectivity index (χ1v) is 15.0. The van der Waals surface area contributed by atoms with Gasteiger partial charge in [-0.25, -0.2) is 0 Å². The van der Waals surface area contributed by atoms with Gasteiger partial charge in [0.05, 0.1) is 40.6 Å². The molecule has 48 heavy (non-hydrogen) atoms. The van der Waals surface area contributed by atoms with Gasteiger partial charge in [-0.3, -0.25) is 0 Å². The molecule has 0 aliphatic carbocycles. The molecule has 19 heteroatoms. The smallest absolute Gasteiger partial charge is 0.229 e. The number of methoxy groups -OCH3 is 2. The van der Waals surface area contributed by atoms with E-state index in [1.54, 1.807) is 6.08 Å². The van der Waals surface area contributed by atoms with Crippen LogP contribution < -0.4 is 14.2 Å². The topological polar surface area (TPSA) is 296 Å². The maximum atomic E-state index is 10.4. The molecule has 0 amide bonds. The summed E-state index contributed by atoms with van der Waals surface area (Å²) in [5, 5.41) is 111. The molecular formula is C29H44O19. The highest BCUT2D eigenvalue weighted by Gasteiger charge is 2.48. The molecule has 0 aromatic heterocycles. The third kappa shape index (κ3) is 8.36. The van der Waals surface area contributed by atoms with E-state index in [0.29, 0.717) is 5.56 Å². The van der Waals surface area contributed by atoms with E-state index >= 15 is 0 Å². The van der Waals surface area contributed by atoms with Gasteiger partial charge < -0.3 is 94.1 Å². The molecule has 3 saturated heterocycles.